The molecule has 3 heterocycles. The van der Waals surface area contributed by atoms with Gasteiger partial charge in [-0.15, -0.1) is 11.3 Å². The molecule has 1 aliphatic heterocycles. The lowest BCUT2D eigenvalue weighted by molar-refractivity contribution is -0.122. The zero-order chi connectivity index (χ0) is 17.6. The van der Waals surface area contributed by atoms with Crippen LogP contribution in [0.2, 0.25) is 0 Å². The Bertz CT molecular complexity index is 718. The molecular formula is C16H20BrN5O2S. The van der Waals surface area contributed by atoms with Gasteiger partial charge < -0.3 is 15.0 Å². The maximum absolute atomic E-state index is 12.1. The highest BCUT2D eigenvalue weighted by Gasteiger charge is 2.20. The number of hydrogen-bond acceptors (Lipinski definition) is 7. The number of anilines is 1. The van der Waals surface area contributed by atoms with Crippen LogP contribution in [0.25, 0.3) is 0 Å². The highest BCUT2D eigenvalue weighted by Crippen LogP contribution is 2.19. The van der Waals surface area contributed by atoms with Crippen LogP contribution in [0, 0.1) is 0 Å². The minimum Gasteiger partial charge on any atom is -0.480 e. The number of ether oxygens (including phenoxy) is 1. The lowest BCUT2D eigenvalue weighted by atomic mass is 10.3. The Labute approximate surface area is 159 Å². The van der Waals surface area contributed by atoms with E-state index in [2.05, 4.69) is 41.0 Å². The van der Waals surface area contributed by atoms with Crippen molar-refractivity contribution >= 4 is 39.0 Å². The molecule has 1 saturated heterocycles. The molecule has 2 aromatic rings. The monoisotopic (exact) mass is 425 g/mol. The minimum absolute atomic E-state index is 0.0548. The van der Waals surface area contributed by atoms with E-state index in [0.717, 1.165) is 41.3 Å². The zero-order valence-corrected chi connectivity index (χ0v) is 16.3. The fraction of sp³-hybridized carbons (Fsp3) is 0.438. The van der Waals surface area contributed by atoms with Crippen LogP contribution >= 0.6 is 27.3 Å². The van der Waals surface area contributed by atoms with Gasteiger partial charge in [-0.2, -0.15) is 4.98 Å². The average Bonchev–Trinajstić information content (AvgIpc) is 3.06. The summed E-state index contributed by atoms with van der Waals surface area (Å²) in [7, 11) is 1.58. The van der Waals surface area contributed by atoms with Gasteiger partial charge in [-0.05, 0) is 22.0 Å². The number of methoxy groups -OCH3 is 1. The summed E-state index contributed by atoms with van der Waals surface area (Å²) in [6.07, 6.45) is 3.33. The van der Waals surface area contributed by atoms with Gasteiger partial charge in [-0.1, -0.05) is 0 Å². The minimum atomic E-state index is 0.0548. The first kappa shape index (κ1) is 18.1. The molecule has 0 aromatic carbocycles. The summed E-state index contributed by atoms with van der Waals surface area (Å²) in [5.41, 5.74) is 0. The summed E-state index contributed by atoms with van der Waals surface area (Å²) in [4.78, 5) is 26.1. The number of carbonyl (C=O) groups is 1. The van der Waals surface area contributed by atoms with E-state index >= 15 is 0 Å². The van der Waals surface area contributed by atoms with E-state index in [1.807, 2.05) is 11.4 Å². The molecule has 0 spiro atoms. The highest BCUT2D eigenvalue weighted by molar-refractivity contribution is 9.10. The van der Waals surface area contributed by atoms with Crippen molar-refractivity contribution in [3.05, 3.63) is 33.2 Å². The lowest BCUT2D eigenvalue weighted by Gasteiger charge is -2.34. The van der Waals surface area contributed by atoms with Crippen LogP contribution in [0.1, 0.15) is 4.88 Å². The van der Waals surface area contributed by atoms with E-state index in [-0.39, 0.29) is 5.91 Å². The van der Waals surface area contributed by atoms with Crippen LogP contribution in [-0.4, -0.2) is 60.6 Å². The molecule has 0 aliphatic carbocycles. The first-order chi connectivity index (χ1) is 12.1. The number of halogens is 1. The molecule has 1 aliphatic rings. The predicted octanol–water partition coefficient (Wildman–Crippen LogP) is 1.75. The van der Waals surface area contributed by atoms with Crippen molar-refractivity contribution in [3.63, 3.8) is 0 Å². The van der Waals surface area contributed by atoms with E-state index in [4.69, 9.17) is 4.74 Å². The molecule has 2 aromatic heterocycles. The molecular weight excluding hydrogens is 406 g/mol. The Morgan fingerprint density at radius 2 is 2.16 bits per heavy atom. The standard InChI is InChI=1S/C16H20BrN5O2S/c1-24-16-9-18-8-14(20-16)22-4-2-21(3-5-22)10-15(23)19-7-13-6-12(17)11-25-13/h6,8-9,11H,2-5,7,10H2,1H3,(H,19,23). The number of aromatic nitrogens is 2. The van der Waals surface area contributed by atoms with E-state index in [1.54, 1.807) is 30.8 Å². The second-order valence-corrected chi connectivity index (χ2v) is 7.60. The molecule has 1 amide bonds. The van der Waals surface area contributed by atoms with Crippen LogP contribution < -0.4 is 15.0 Å². The van der Waals surface area contributed by atoms with Gasteiger partial charge in [0.05, 0.1) is 32.6 Å². The van der Waals surface area contributed by atoms with Crippen molar-refractivity contribution in [1.29, 1.82) is 0 Å². The Balaban J connectivity index is 1.43. The summed E-state index contributed by atoms with van der Waals surface area (Å²) in [6.45, 7) is 4.26. The second-order valence-electron chi connectivity index (χ2n) is 5.69. The van der Waals surface area contributed by atoms with Crippen LogP contribution in [0.5, 0.6) is 5.88 Å². The number of rotatable bonds is 6. The molecule has 1 fully saturated rings. The molecule has 3 rings (SSSR count). The normalized spacial score (nSPS) is 15.2. The SMILES string of the molecule is COc1cncc(N2CCN(CC(=O)NCc3cc(Br)cs3)CC2)n1. The fourth-order valence-corrected chi connectivity index (χ4v) is 4.01. The Hall–Kier alpha value is -1.71. The Kier molecular flexibility index (Phi) is 6.22. The van der Waals surface area contributed by atoms with E-state index in [9.17, 15) is 4.79 Å². The number of thiophene rings is 1. The van der Waals surface area contributed by atoms with Gasteiger partial charge in [0.1, 0.15) is 0 Å². The Morgan fingerprint density at radius 3 is 2.84 bits per heavy atom. The predicted molar refractivity (Wildman–Crippen MR) is 101 cm³/mol. The first-order valence-corrected chi connectivity index (χ1v) is 9.64. The average molecular weight is 426 g/mol. The number of amides is 1. The molecule has 9 heteroatoms. The molecule has 25 heavy (non-hydrogen) atoms. The van der Waals surface area contributed by atoms with Crippen molar-refractivity contribution in [3.8, 4) is 5.88 Å². The number of piperazine rings is 1. The van der Waals surface area contributed by atoms with Crippen molar-refractivity contribution in [2.75, 3.05) is 44.7 Å². The molecule has 0 bridgehead atoms. The number of hydrogen-bond donors (Lipinski definition) is 1. The van der Waals surface area contributed by atoms with E-state index in [0.29, 0.717) is 19.0 Å². The summed E-state index contributed by atoms with van der Waals surface area (Å²) < 4.78 is 6.17. The quantitative estimate of drug-likeness (QED) is 0.759. The van der Waals surface area contributed by atoms with Crippen LogP contribution in [0.3, 0.4) is 0 Å². The van der Waals surface area contributed by atoms with Crippen LogP contribution in [0.4, 0.5) is 5.82 Å². The first-order valence-electron chi connectivity index (χ1n) is 7.97. The number of nitrogens with one attached hydrogen (secondary N) is 1. The van der Waals surface area contributed by atoms with Crippen molar-refractivity contribution in [2.24, 2.45) is 0 Å². The van der Waals surface area contributed by atoms with Gasteiger partial charge in [-0.25, -0.2) is 0 Å². The summed E-state index contributed by atoms with van der Waals surface area (Å²) in [5.74, 6) is 1.38. The maximum Gasteiger partial charge on any atom is 0.234 e. The van der Waals surface area contributed by atoms with Crippen molar-refractivity contribution in [2.45, 2.75) is 6.54 Å². The number of carbonyl (C=O) groups excluding carboxylic acids is 1. The van der Waals surface area contributed by atoms with Crippen LogP contribution in [0.15, 0.2) is 28.3 Å². The second kappa shape index (κ2) is 8.59. The summed E-state index contributed by atoms with van der Waals surface area (Å²) >= 11 is 5.05. The molecule has 7 nitrogen and oxygen atoms in total. The van der Waals surface area contributed by atoms with Gasteiger partial charge in [0.2, 0.25) is 11.8 Å². The van der Waals surface area contributed by atoms with E-state index in [1.165, 1.54) is 0 Å². The van der Waals surface area contributed by atoms with Crippen molar-refractivity contribution < 1.29 is 9.53 Å². The van der Waals surface area contributed by atoms with Gasteiger partial charge in [-0.3, -0.25) is 14.7 Å². The molecule has 0 unspecified atom stereocenters. The Morgan fingerprint density at radius 1 is 1.36 bits per heavy atom. The fourth-order valence-electron chi connectivity index (χ4n) is 2.62. The van der Waals surface area contributed by atoms with Gasteiger partial charge in [0.25, 0.3) is 0 Å². The molecule has 0 radical (unpaired) electrons. The summed E-state index contributed by atoms with van der Waals surface area (Å²) in [5, 5.41) is 4.99. The molecule has 0 saturated carbocycles. The van der Waals surface area contributed by atoms with Crippen LogP contribution in [-0.2, 0) is 11.3 Å². The zero-order valence-electron chi connectivity index (χ0n) is 13.9. The smallest absolute Gasteiger partial charge is 0.234 e. The topological polar surface area (TPSA) is 70.6 Å². The third kappa shape index (κ3) is 5.13. The maximum atomic E-state index is 12.1. The van der Waals surface area contributed by atoms with Crippen molar-refractivity contribution in [1.82, 2.24) is 20.2 Å². The van der Waals surface area contributed by atoms with E-state index < -0.39 is 0 Å². The molecule has 0 atom stereocenters. The largest absolute Gasteiger partial charge is 0.480 e. The highest BCUT2D eigenvalue weighted by atomic mass is 79.9. The van der Waals surface area contributed by atoms with Gasteiger partial charge >= 0.3 is 0 Å². The third-order valence-electron chi connectivity index (χ3n) is 3.95. The third-order valence-corrected chi connectivity index (χ3v) is 5.65. The van der Waals surface area contributed by atoms with Gasteiger partial charge in [0, 0.05) is 40.9 Å². The van der Waals surface area contributed by atoms with Gasteiger partial charge in [0.15, 0.2) is 5.82 Å². The number of nitrogens with zero attached hydrogens (tertiary/aromatic N) is 4. The summed E-state index contributed by atoms with van der Waals surface area (Å²) in [6, 6.07) is 2.03. The lowest BCUT2D eigenvalue weighted by Crippen LogP contribution is -2.49. The molecule has 1 N–H and O–H groups in total. The molecule has 134 valence electrons.